The van der Waals surface area contributed by atoms with Crippen LogP contribution >= 0.6 is 0 Å². The van der Waals surface area contributed by atoms with Crippen molar-refractivity contribution in [1.29, 1.82) is 0 Å². The Morgan fingerprint density at radius 1 is 1.29 bits per heavy atom. The van der Waals surface area contributed by atoms with Crippen LogP contribution in [0.1, 0.15) is 18.4 Å². The number of carboxylic acids is 2. The number of aliphatic carboxylic acids is 2. The van der Waals surface area contributed by atoms with Gasteiger partial charge in [0.15, 0.2) is 11.6 Å². The van der Waals surface area contributed by atoms with Crippen molar-refractivity contribution in [3.63, 3.8) is 0 Å². The van der Waals surface area contributed by atoms with Gasteiger partial charge in [-0.15, -0.1) is 0 Å². The maximum atomic E-state index is 13.1. The fourth-order valence-electron chi connectivity index (χ4n) is 2.53. The number of halogens is 2. The molecule has 1 unspecified atom stereocenters. The lowest BCUT2D eigenvalue weighted by molar-refractivity contribution is -0.145. The van der Waals surface area contributed by atoms with Crippen LogP contribution in [0.25, 0.3) is 0 Å². The number of rotatable bonds is 6. The van der Waals surface area contributed by atoms with E-state index in [1.54, 1.807) is 0 Å². The summed E-state index contributed by atoms with van der Waals surface area (Å²) in [5.41, 5.74) is 4.60. The normalized spacial score (nSPS) is 23.4. The van der Waals surface area contributed by atoms with E-state index in [1.807, 2.05) is 0 Å². The number of benzene rings is 1. The minimum absolute atomic E-state index is 0.0398. The molecule has 7 heteroatoms. The van der Waals surface area contributed by atoms with E-state index in [0.717, 1.165) is 12.1 Å². The van der Waals surface area contributed by atoms with Crippen LogP contribution < -0.4 is 5.73 Å². The largest absolute Gasteiger partial charge is 0.481 e. The van der Waals surface area contributed by atoms with Crippen LogP contribution in [0.5, 0.6) is 0 Å². The van der Waals surface area contributed by atoms with Crippen molar-refractivity contribution in [2.45, 2.75) is 24.8 Å². The predicted molar refractivity (Wildman–Crippen MR) is 68.5 cm³/mol. The smallest absolute Gasteiger partial charge is 0.324 e. The van der Waals surface area contributed by atoms with E-state index >= 15 is 0 Å². The van der Waals surface area contributed by atoms with Gasteiger partial charge >= 0.3 is 11.9 Å². The van der Waals surface area contributed by atoms with Crippen LogP contribution in [0.3, 0.4) is 0 Å². The summed E-state index contributed by atoms with van der Waals surface area (Å²) in [5, 5.41) is 18.1. The number of hydrogen-bond donors (Lipinski definition) is 3. The Kier molecular flexibility index (Phi) is 3.95. The molecule has 114 valence electrons. The van der Waals surface area contributed by atoms with Crippen LogP contribution in [-0.4, -0.2) is 27.7 Å². The molecule has 3 atom stereocenters. The topological polar surface area (TPSA) is 101 Å². The van der Waals surface area contributed by atoms with Gasteiger partial charge < -0.3 is 15.9 Å². The van der Waals surface area contributed by atoms with E-state index in [-0.39, 0.29) is 19.3 Å². The molecule has 0 radical (unpaired) electrons. The van der Waals surface area contributed by atoms with Gasteiger partial charge in [0.2, 0.25) is 0 Å². The number of hydrogen-bond acceptors (Lipinski definition) is 3. The second-order valence-electron chi connectivity index (χ2n) is 5.38. The van der Waals surface area contributed by atoms with Gasteiger partial charge in [-0.25, -0.2) is 8.78 Å². The summed E-state index contributed by atoms with van der Waals surface area (Å²) < 4.78 is 25.9. The van der Waals surface area contributed by atoms with Crippen molar-refractivity contribution in [1.82, 2.24) is 0 Å². The Labute approximate surface area is 119 Å². The average molecular weight is 299 g/mol. The number of carboxylic acid groups (broad SMARTS) is 2. The molecule has 21 heavy (non-hydrogen) atoms. The molecule has 4 N–H and O–H groups in total. The van der Waals surface area contributed by atoms with Gasteiger partial charge in [-0.05, 0) is 37.0 Å². The van der Waals surface area contributed by atoms with E-state index in [9.17, 15) is 23.5 Å². The summed E-state index contributed by atoms with van der Waals surface area (Å²) in [6.07, 6.45) is 0.306. The second kappa shape index (κ2) is 5.40. The fraction of sp³-hybridized carbons (Fsp3) is 0.429. The molecule has 0 amide bonds. The molecule has 0 bridgehead atoms. The third kappa shape index (κ3) is 3.02. The monoisotopic (exact) mass is 299 g/mol. The van der Waals surface area contributed by atoms with Gasteiger partial charge in [-0.3, -0.25) is 9.59 Å². The molecular weight excluding hydrogens is 284 g/mol. The second-order valence-corrected chi connectivity index (χ2v) is 5.38. The molecule has 0 saturated heterocycles. The maximum Gasteiger partial charge on any atom is 0.324 e. The van der Waals surface area contributed by atoms with Crippen molar-refractivity contribution < 1.29 is 28.6 Å². The molecule has 1 aromatic rings. The molecule has 2 rings (SSSR count). The fourth-order valence-corrected chi connectivity index (χ4v) is 2.53. The minimum Gasteiger partial charge on any atom is -0.481 e. The number of carbonyl (C=O) groups is 2. The molecule has 1 fully saturated rings. The Morgan fingerprint density at radius 3 is 2.43 bits per heavy atom. The summed E-state index contributed by atoms with van der Waals surface area (Å²) in [5.74, 6) is -5.74. The van der Waals surface area contributed by atoms with Crippen LogP contribution in [0, 0.1) is 23.5 Å². The van der Waals surface area contributed by atoms with Gasteiger partial charge in [-0.1, -0.05) is 6.07 Å². The van der Waals surface area contributed by atoms with Crippen molar-refractivity contribution in [2.75, 3.05) is 0 Å². The van der Waals surface area contributed by atoms with Crippen molar-refractivity contribution in [2.24, 2.45) is 17.6 Å². The Hall–Kier alpha value is -2.02. The third-order valence-corrected chi connectivity index (χ3v) is 3.98. The highest BCUT2D eigenvalue weighted by molar-refractivity contribution is 5.83. The van der Waals surface area contributed by atoms with Gasteiger partial charge in [0.05, 0.1) is 5.92 Å². The molecule has 0 aromatic heterocycles. The molecule has 1 saturated carbocycles. The lowest BCUT2D eigenvalue weighted by Crippen LogP contribution is -2.51. The summed E-state index contributed by atoms with van der Waals surface area (Å²) in [4.78, 5) is 22.2. The summed E-state index contributed by atoms with van der Waals surface area (Å²) in [6, 6.07) is 3.29. The zero-order valence-electron chi connectivity index (χ0n) is 11.1. The summed E-state index contributed by atoms with van der Waals surface area (Å²) in [6.45, 7) is 0. The van der Waals surface area contributed by atoms with Crippen LogP contribution in [0.15, 0.2) is 18.2 Å². The van der Waals surface area contributed by atoms with E-state index < -0.39 is 40.9 Å². The van der Waals surface area contributed by atoms with Crippen molar-refractivity contribution in [3.05, 3.63) is 35.4 Å². The van der Waals surface area contributed by atoms with Crippen molar-refractivity contribution >= 4 is 11.9 Å². The van der Waals surface area contributed by atoms with Gasteiger partial charge in [0.25, 0.3) is 0 Å². The average Bonchev–Trinajstić information content (AvgIpc) is 3.20. The van der Waals surface area contributed by atoms with E-state index in [4.69, 9.17) is 10.8 Å². The minimum atomic E-state index is -1.67. The standard InChI is InChI=1S/C14H15F2NO4/c15-10-2-1-7(5-11(10)16)3-4-14(17,13(20)21)9-6-8(9)12(18)19/h1-2,5,8-9H,3-4,6,17H2,(H,18,19)(H,20,21)/t8-,9?,14+/m0/s1. The molecular formula is C14H15F2NO4. The quantitative estimate of drug-likeness (QED) is 0.737. The first-order valence-electron chi connectivity index (χ1n) is 6.44. The molecule has 0 aliphatic heterocycles. The molecule has 5 nitrogen and oxygen atoms in total. The van der Waals surface area contributed by atoms with E-state index in [1.165, 1.54) is 6.07 Å². The van der Waals surface area contributed by atoms with Crippen LogP contribution in [0.2, 0.25) is 0 Å². The maximum absolute atomic E-state index is 13.1. The van der Waals surface area contributed by atoms with E-state index in [0.29, 0.717) is 5.56 Å². The number of nitrogens with two attached hydrogens (primary N) is 1. The molecule has 0 spiro atoms. The Balaban J connectivity index is 2.09. The van der Waals surface area contributed by atoms with Gasteiger partial charge in [-0.2, -0.15) is 0 Å². The highest BCUT2D eigenvalue weighted by Crippen LogP contribution is 2.47. The SMILES string of the molecule is N[C@@](CCc1ccc(F)c(F)c1)(C(=O)O)C1C[C@@H]1C(=O)O. The summed E-state index contributed by atoms with van der Waals surface area (Å²) in [7, 11) is 0. The first-order chi connectivity index (χ1) is 9.75. The first kappa shape index (κ1) is 15.4. The lowest BCUT2D eigenvalue weighted by Gasteiger charge is -2.25. The van der Waals surface area contributed by atoms with Crippen LogP contribution in [0.4, 0.5) is 8.78 Å². The highest BCUT2D eigenvalue weighted by Gasteiger charge is 2.57. The Morgan fingerprint density at radius 2 is 1.95 bits per heavy atom. The van der Waals surface area contributed by atoms with Gasteiger partial charge in [0, 0.05) is 5.92 Å². The highest BCUT2D eigenvalue weighted by atomic mass is 19.2. The van der Waals surface area contributed by atoms with E-state index in [2.05, 4.69) is 0 Å². The van der Waals surface area contributed by atoms with Crippen molar-refractivity contribution in [3.8, 4) is 0 Å². The zero-order chi connectivity index (χ0) is 15.8. The zero-order valence-corrected chi connectivity index (χ0v) is 11.1. The van der Waals surface area contributed by atoms with Crippen LogP contribution in [-0.2, 0) is 16.0 Å². The molecule has 0 heterocycles. The Bertz CT molecular complexity index is 592. The first-order valence-corrected chi connectivity index (χ1v) is 6.44. The number of aryl methyl sites for hydroxylation is 1. The van der Waals surface area contributed by atoms with Gasteiger partial charge in [0.1, 0.15) is 5.54 Å². The molecule has 1 aliphatic carbocycles. The third-order valence-electron chi connectivity index (χ3n) is 3.98. The molecule has 1 aromatic carbocycles. The molecule has 1 aliphatic rings. The lowest BCUT2D eigenvalue weighted by atomic mass is 9.86. The summed E-state index contributed by atoms with van der Waals surface area (Å²) >= 11 is 0. The predicted octanol–water partition coefficient (Wildman–Crippen LogP) is 1.40.